The van der Waals surface area contributed by atoms with Gasteiger partial charge in [-0.3, -0.25) is 9.59 Å². The van der Waals surface area contributed by atoms with Crippen molar-refractivity contribution in [1.29, 1.82) is 0 Å². The topological polar surface area (TPSA) is 105 Å². The highest BCUT2D eigenvalue weighted by molar-refractivity contribution is 6.04. The molecule has 0 unspecified atom stereocenters. The summed E-state index contributed by atoms with van der Waals surface area (Å²) < 4.78 is 5.08. The minimum atomic E-state index is -1.09. The number of benzene rings is 2. The van der Waals surface area contributed by atoms with Crippen molar-refractivity contribution in [1.82, 2.24) is 5.32 Å². The first-order valence-electron chi connectivity index (χ1n) is 9.18. The molecule has 1 fully saturated rings. The van der Waals surface area contributed by atoms with Gasteiger partial charge in [-0.05, 0) is 55.3 Å². The van der Waals surface area contributed by atoms with E-state index >= 15 is 0 Å². The monoisotopic (exact) mass is 382 g/mol. The third kappa shape index (κ3) is 5.33. The van der Waals surface area contributed by atoms with E-state index in [0.717, 1.165) is 25.7 Å². The molecular formula is C21H22N2O5. The van der Waals surface area contributed by atoms with E-state index in [0.29, 0.717) is 22.6 Å². The fourth-order valence-corrected chi connectivity index (χ4v) is 3.12. The Balaban J connectivity index is 1.59. The number of carbonyl (C=O) groups excluding carboxylic acids is 2. The lowest BCUT2D eigenvalue weighted by molar-refractivity contribution is -0.139. The molecule has 2 aromatic carbocycles. The number of amides is 2. The van der Waals surface area contributed by atoms with Crippen LogP contribution in [0.5, 0.6) is 5.75 Å². The van der Waals surface area contributed by atoms with Gasteiger partial charge in [-0.25, -0.2) is 4.79 Å². The molecule has 0 saturated heterocycles. The zero-order valence-electron chi connectivity index (χ0n) is 15.3. The maximum atomic E-state index is 12.4. The van der Waals surface area contributed by atoms with Crippen LogP contribution in [0.15, 0.2) is 48.5 Å². The van der Waals surface area contributed by atoms with Gasteiger partial charge < -0.3 is 20.5 Å². The van der Waals surface area contributed by atoms with Gasteiger partial charge in [0, 0.05) is 22.9 Å². The second kappa shape index (κ2) is 9.03. The Morgan fingerprint density at radius 3 is 2.36 bits per heavy atom. The van der Waals surface area contributed by atoms with Gasteiger partial charge in [-0.2, -0.15) is 0 Å². The number of rotatable bonds is 7. The predicted octanol–water partition coefficient (Wildman–Crippen LogP) is 3.07. The number of aliphatic carboxylic acids is 1. The molecule has 2 amide bonds. The summed E-state index contributed by atoms with van der Waals surface area (Å²) in [6.45, 7) is -0.477. The van der Waals surface area contributed by atoms with Crippen LogP contribution in [0.1, 0.15) is 46.4 Å². The van der Waals surface area contributed by atoms with E-state index in [9.17, 15) is 14.4 Å². The van der Waals surface area contributed by atoms with E-state index in [2.05, 4.69) is 10.6 Å². The number of ether oxygens (including phenoxy) is 1. The highest BCUT2D eigenvalue weighted by Crippen LogP contribution is 2.19. The Labute approximate surface area is 162 Å². The number of anilines is 1. The van der Waals surface area contributed by atoms with Crippen LogP contribution in [0.25, 0.3) is 0 Å². The van der Waals surface area contributed by atoms with E-state index in [4.69, 9.17) is 9.84 Å². The minimum absolute atomic E-state index is 0.104. The smallest absolute Gasteiger partial charge is 0.341 e. The molecule has 0 aliphatic heterocycles. The molecular weight excluding hydrogens is 360 g/mol. The summed E-state index contributed by atoms with van der Waals surface area (Å²) in [5.41, 5.74) is 1.44. The Bertz CT molecular complexity index is 857. The van der Waals surface area contributed by atoms with Crippen LogP contribution in [0.3, 0.4) is 0 Å². The second-order valence-electron chi connectivity index (χ2n) is 6.70. The molecule has 28 heavy (non-hydrogen) atoms. The summed E-state index contributed by atoms with van der Waals surface area (Å²) in [5, 5.41) is 14.4. The van der Waals surface area contributed by atoms with E-state index in [1.807, 2.05) is 0 Å². The molecule has 1 aliphatic rings. The van der Waals surface area contributed by atoms with E-state index in [1.54, 1.807) is 42.5 Å². The van der Waals surface area contributed by atoms with Gasteiger partial charge in [0.15, 0.2) is 6.61 Å². The molecule has 0 radical (unpaired) electrons. The van der Waals surface area contributed by atoms with Crippen LogP contribution in [-0.2, 0) is 4.79 Å². The highest BCUT2D eigenvalue weighted by atomic mass is 16.5. The summed E-state index contributed by atoms with van der Waals surface area (Å²) in [5.74, 6) is -1.25. The number of hydrogen-bond donors (Lipinski definition) is 3. The first kappa shape index (κ1) is 19.4. The maximum absolute atomic E-state index is 12.4. The normalized spacial score (nSPS) is 13.7. The fraction of sp³-hybridized carbons (Fsp3) is 0.286. The summed E-state index contributed by atoms with van der Waals surface area (Å²) in [4.78, 5) is 35.2. The molecule has 1 aliphatic carbocycles. The van der Waals surface area contributed by atoms with Gasteiger partial charge in [0.1, 0.15) is 5.75 Å². The standard InChI is InChI=1S/C21H22N2O5/c24-19(25)13-28-18-7-3-4-15(12-18)21(27)23-17-10-8-14(9-11-17)20(26)22-16-5-1-2-6-16/h3-4,7-12,16H,1-2,5-6,13H2,(H,22,26)(H,23,27)(H,24,25). The van der Waals surface area contributed by atoms with Crippen molar-refractivity contribution in [3.8, 4) is 5.75 Å². The fourth-order valence-electron chi connectivity index (χ4n) is 3.12. The van der Waals surface area contributed by atoms with Gasteiger partial charge in [0.05, 0.1) is 0 Å². The first-order valence-corrected chi connectivity index (χ1v) is 9.18. The van der Waals surface area contributed by atoms with Crippen LogP contribution < -0.4 is 15.4 Å². The van der Waals surface area contributed by atoms with E-state index < -0.39 is 12.6 Å². The van der Waals surface area contributed by atoms with Gasteiger partial charge in [0.2, 0.25) is 0 Å². The van der Waals surface area contributed by atoms with Crippen molar-refractivity contribution < 1.29 is 24.2 Å². The zero-order valence-corrected chi connectivity index (χ0v) is 15.3. The SMILES string of the molecule is O=C(O)COc1cccc(C(=O)Nc2ccc(C(=O)NC3CCCC3)cc2)c1. The number of carbonyl (C=O) groups is 3. The third-order valence-electron chi connectivity index (χ3n) is 4.55. The summed E-state index contributed by atoms with van der Waals surface area (Å²) in [6, 6.07) is 13.2. The van der Waals surface area contributed by atoms with Gasteiger partial charge in [0.25, 0.3) is 11.8 Å². The molecule has 0 spiro atoms. The molecule has 0 aromatic heterocycles. The molecule has 0 heterocycles. The Morgan fingerprint density at radius 1 is 0.964 bits per heavy atom. The van der Waals surface area contributed by atoms with Crippen molar-refractivity contribution in [2.24, 2.45) is 0 Å². The molecule has 3 rings (SSSR count). The van der Waals surface area contributed by atoms with Crippen LogP contribution in [0.2, 0.25) is 0 Å². The third-order valence-corrected chi connectivity index (χ3v) is 4.55. The quantitative estimate of drug-likeness (QED) is 0.683. The lowest BCUT2D eigenvalue weighted by Gasteiger charge is -2.12. The van der Waals surface area contributed by atoms with Crippen molar-refractivity contribution >= 4 is 23.5 Å². The zero-order chi connectivity index (χ0) is 19.9. The summed E-state index contributed by atoms with van der Waals surface area (Å²) in [6.07, 6.45) is 4.35. The molecule has 7 heteroatoms. The molecule has 0 atom stereocenters. The molecule has 3 N–H and O–H groups in total. The van der Waals surface area contributed by atoms with Crippen LogP contribution in [0, 0.1) is 0 Å². The minimum Gasteiger partial charge on any atom is -0.482 e. The Morgan fingerprint density at radius 2 is 1.68 bits per heavy atom. The van der Waals surface area contributed by atoms with Gasteiger partial charge >= 0.3 is 5.97 Å². The predicted molar refractivity (Wildman–Crippen MR) is 104 cm³/mol. The van der Waals surface area contributed by atoms with Crippen molar-refractivity contribution in [3.05, 3.63) is 59.7 Å². The number of hydrogen-bond acceptors (Lipinski definition) is 4. The van der Waals surface area contributed by atoms with Gasteiger partial charge in [-0.15, -0.1) is 0 Å². The Hall–Kier alpha value is -3.35. The highest BCUT2D eigenvalue weighted by Gasteiger charge is 2.18. The average molecular weight is 382 g/mol. The summed E-state index contributed by atoms with van der Waals surface area (Å²) >= 11 is 0. The maximum Gasteiger partial charge on any atom is 0.341 e. The largest absolute Gasteiger partial charge is 0.482 e. The van der Waals surface area contributed by atoms with E-state index in [1.165, 1.54) is 6.07 Å². The molecule has 146 valence electrons. The molecule has 0 bridgehead atoms. The van der Waals surface area contributed by atoms with Crippen LogP contribution >= 0.6 is 0 Å². The lowest BCUT2D eigenvalue weighted by Crippen LogP contribution is -2.32. The number of nitrogens with one attached hydrogen (secondary N) is 2. The van der Waals surface area contributed by atoms with Gasteiger partial charge in [-0.1, -0.05) is 18.9 Å². The van der Waals surface area contributed by atoms with E-state index in [-0.39, 0.29) is 17.9 Å². The number of carboxylic acids is 1. The van der Waals surface area contributed by atoms with Crippen molar-refractivity contribution in [2.75, 3.05) is 11.9 Å². The summed E-state index contributed by atoms with van der Waals surface area (Å²) in [7, 11) is 0. The van der Waals surface area contributed by atoms with Crippen molar-refractivity contribution in [2.45, 2.75) is 31.7 Å². The van der Waals surface area contributed by atoms with Crippen LogP contribution in [-0.4, -0.2) is 35.5 Å². The van der Waals surface area contributed by atoms with Crippen LogP contribution in [0.4, 0.5) is 5.69 Å². The Kier molecular flexibility index (Phi) is 6.26. The molecule has 2 aromatic rings. The lowest BCUT2D eigenvalue weighted by atomic mass is 10.1. The average Bonchev–Trinajstić information content (AvgIpc) is 3.20. The number of carboxylic acid groups (broad SMARTS) is 1. The molecule has 1 saturated carbocycles. The van der Waals surface area contributed by atoms with Crippen molar-refractivity contribution in [3.63, 3.8) is 0 Å². The first-order chi connectivity index (χ1) is 13.5. The second-order valence-corrected chi connectivity index (χ2v) is 6.70. The molecule has 7 nitrogen and oxygen atoms in total.